The molecular weight excluding hydrogens is 271 g/mol. The van der Waals surface area contributed by atoms with Gasteiger partial charge in [0.25, 0.3) is 11.6 Å². The van der Waals surface area contributed by atoms with Gasteiger partial charge in [0.15, 0.2) is 0 Å². The van der Waals surface area contributed by atoms with E-state index < -0.39 is 5.82 Å². The van der Waals surface area contributed by atoms with Crippen LogP contribution in [0.1, 0.15) is 11.3 Å². The lowest BCUT2D eigenvalue weighted by Crippen LogP contribution is -2.23. The second-order valence-electron chi connectivity index (χ2n) is 4.06. The van der Waals surface area contributed by atoms with Crippen LogP contribution in [-0.4, -0.2) is 16.7 Å². The molecule has 0 saturated heterocycles. The molecule has 0 atom stereocenters. The van der Waals surface area contributed by atoms with Gasteiger partial charge in [0.05, 0.1) is 18.7 Å². The molecule has 1 aromatic carbocycles. The fraction of sp³-hybridized carbons (Fsp3) is 0.231. The number of hydrogen-bond donors (Lipinski definition) is 0. The second kappa shape index (κ2) is 5.40. The maximum absolute atomic E-state index is 13.4. The van der Waals surface area contributed by atoms with Gasteiger partial charge in [-0.2, -0.15) is 0 Å². The highest BCUT2D eigenvalue weighted by Crippen LogP contribution is 2.17. The Hall–Kier alpha value is -1.88. The first-order valence-corrected chi connectivity index (χ1v) is 5.95. The molecular formula is C13H12ClFN2O2. The maximum Gasteiger partial charge on any atom is 0.299 e. The molecule has 0 saturated carbocycles. The van der Waals surface area contributed by atoms with Crippen LogP contribution in [0.5, 0.6) is 6.01 Å². The van der Waals surface area contributed by atoms with Crippen LogP contribution in [0.3, 0.4) is 0 Å². The van der Waals surface area contributed by atoms with Crippen LogP contribution in [0.25, 0.3) is 0 Å². The highest BCUT2D eigenvalue weighted by atomic mass is 35.5. The van der Waals surface area contributed by atoms with E-state index in [1.165, 1.54) is 29.9 Å². The first-order chi connectivity index (χ1) is 9.01. The third-order valence-corrected chi connectivity index (χ3v) is 2.92. The van der Waals surface area contributed by atoms with Crippen LogP contribution in [0.4, 0.5) is 4.39 Å². The van der Waals surface area contributed by atoms with Crippen LogP contribution in [0, 0.1) is 12.7 Å². The minimum absolute atomic E-state index is 0.0464. The van der Waals surface area contributed by atoms with Crippen LogP contribution < -0.4 is 10.3 Å². The smallest absolute Gasteiger partial charge is 0.299 e. The Balaban J connectivity index is 2.43. The van der Waals surface area contributed by atoms with Crippen molar-refractivity contribution in [1.82, 2.24) is 9.55 Å². The number of methoxy groups -OCH3 is 1. The van der Waals surface area contributed by atoms with Gasteiger partial charge in [-0.3, -0.25) is 9.36 Å². The number of halogens is 2. The lowest BCUT2D eigenvalue weighted by Gasteiger charge is -2.11. The molecule has 0 aliphatic carbocycles. The largest absolute Gasteiger partial charge is 0.468 e. The Morgan fingerprint density at radius 3 is 2.79 bits per heavy atom. The molecule has 0 unspecified atom stereocenters. The summed E-state index contributed by atoms with van der Waals surface area (Å²) in [5, 5.41) is 0.0464. The summed E-state index contributed by atoms with van der Waals surface area (Å²) >= 11 is 5.61. The number of hydrogen-bond acceptors (Lipinski definition) is 3. The van der Waals surface area contributed by atoms with E-state index in [-0.39, 0.29) is 23.1 Å². The summed E-state index contributed by atoms with van der Waals surface area (Å²) < 4.78 is 19.8. The van der Waals surface area contributed by atoms with Crippen molar-refractivity contribution in [1.29, 1.82) is 0 Å². The van der Waals surface area contributed by atoms with Gasteiger partial charge in [-0.15, -0.1) is 0 Å². The van der Waals surface area contributed by atoms with Crippen molar-refractivity contribution >= 4 is 11.6 Å². The first kappa shape index (κ1) is 13.5. The van der Waals surface area contributed by atoms with Crippen molar-refractivity contribution in [3.05, 3.63) is 56.7 Å². The molecule has 0 amide bonds. The summed E-state index contributed by atoms with van der Waals surface area (Å²) in [4.78, 5) is 16.0. The Labute approximate surface area is 114 Å². The predicted molar refractivity (Wildman–Crippen MR) is 70.3 cm³/mol. The van der Waals surface area contributed by atoms with Gasteiger partial charge in [-0.25, -0.2) is 9.37 Å². The van der Waals surface area contributed by atoms with E-state index >= 15 is 0 Å². The molecule has 19 heavy (non-hydrogen) atoms. The predicted octanol–water partition coefficient (Wildman–Crippen LogP) is 2.40. The topological polar surface area (TPSA) is 44.1 Å². The van der Waals surface area contributed by atoms with Crippen molar-refractivity contribution in [2.45, 2.75) is 13.5 Å². The van der Waals surface area contributed by atoms with E-state index in [1.807, 2.05) is 0 Å². The maximum atomic E-state index is 13.4. The number of rotatable bonds is 3. The molecule has 0 aliphatic rings. The quantitative estimate of drug-likeness (QED) is 0.868. The van der Waals surface area contributed by atoms with E-state index in [9.17, 15) is 9.18 Å². The van der Waals surface area contributed by atoms with E-state index in [4.69, 9.17) is 16.3 Å². The molecule has 0 aliphatic heterocycles. The summed E-state index contributed by atoms with van der Waals surface area (Å²) in [6.07, 6.45) is 0. The molecule has 2 rings (SSSR count). The zero-order valence-corrected chi connectivity index (χ0v) is 11.2. The van der Waals surface area contributed by atoms with E-state index in [2.05, 4.69) is 4.98 Å². The SMILES string of the molecule is COc1nc(C)cc(=O)n1Cc1ccc(Cl)c(F)c1. The molecule has 0 radical (unpaired) electrons. The van der Waals surface area contributed by atoms with Crippen molar-refractivity contribution < 1.29 is 9.13 Å². The molecule has 1 aromatic heterocycles. The second-order valence-corrected chi connectivity index (χ2v) is 4.46. The fourth-order valence-corrected chi connectivity index (χ4v) is 1.83. The van der Waals surface area contributed by atoms with Gasteiger partial charge in [0, 0.05) is 11.8 Å². The van der Waals surface area contributed by atoms with E-state index in [0.717, 1.165) is 0 Å². The molecule has 100 valence electrons. The lowest BCUT2D eigenvalue weighted by molar-refractivity contribution is 0.349. The van der Waals surface area contributed by atoms with Gasteiger partial charge in [0.2, 0.25) is 0 Å². The average Bonchev–Trinajstić information content (AvgIpc) is 2.36. The number of ether oxygens (including phenoxy) is 1. The molecule has 0 spiro atoms. The number of nitrogens with zero attached hydrogens (tertiary/aromatic N) is 2. The third kappa shape index (κ3) is 2.93. The summed E-state index contributed by atoms with van der Waals surface area (Å²) in [6, 6.07) is 5.98. The molecule has 6 heteroatoms. The molecule has 0 bridgehead atoms. The number of aryl methyl sites for hydroxylation is 1. The van der Waals surface area contributed by atoms with Gasteiger partial charge in [-0.1, -0.05) is 17.7 Å². The Kier molecular flexibility index (Phi) is 3.85. The van der Waals surface area contributed by atoms with Gasteiger partial charge >= 0.3 is 0 Å². The van der Waals surface area contributed by atoms with Gasteiger partial charge in [-0.05, 0) is 24.6 Å². The summed E-state index contributed by atoms with van der Waals surface area (Å²) in [7, 11) is 1.43. The molecule has 4 nitrogen and oxygen atoms in total. The number of aromatic nitrogens is 2. The van der Waals surface area contributed by atoms with Crippen molar-refractivity contribution in [2.75, 3.05) is 7.11 Å². The van der Waals surface area contributed by atoms with E-state index in [1.54, 1.807) is 13.0 Å². The van der Waals surface area contributed by atoms with E-state index in [0.29, 0.717) is 11.3 Å². The lowest BCUT2D eigenvalue weighted by atomic mass is 10.2. The van der Waals surface area contributed by atoms with Crippen LogP contribution >= 0.6 is 11.6 Å². The van der Waals surface area contributed by atoms with Crippen molar-refractivity contribution in [3.8, 4) is 6.01 Å². The summed E-state index contributed by atoms with van der Waals surface area (Å²) in [5.41, 5.74) is 0.924. The zero-order chi connectivity index (χ0) is 14.0. The standard InChI is InChI=1S/C13H12ClFN2O2/c1-8-5-12(18)17(13(16-8)19-2)7-9-3-4-10(14)11(15)6-9/h3-6H,7H2,1-2H3. The number of benzene rings is 1. The highest BCUT2D eigenvalue weighted by Gasteiger charge is 2.09. The van der Waals surface area contributed by atoms with Crippen LogP contribution in [0.15, 0.2) is 29.1 Å². The Morgan fingerprint density at radius 1 is 1.42 bits per heavy atom. The minimum atomic E-state index is -0.522. The average molecular weight is 283 g/mol. The normalized spacial score (nSPS) is 10.5. The Morgan fingerprint density at radius 2 is 2.16 bits per heavy atom. The summed E-state index contributed by atoms with van der Waals surface area (Å²) in [5.74, 6) is -0.522. The van der Waals surface area contributed by atoms with Crippen LogP contribution in [0.2, 0.25) is 5.02 Å². The molecule has 0 fully saturated rings. The summed E-state index contributed by atoms with van der Waals surface area (Å²) in [6.45, 7) is 1.87. The van der Waals surface area contributed by atoms with Gasteiger partial charge < -0.3 is 4.74 Å². The highest BCUT2D eigenvalue weighted by molar-refractivity contribution is 6.30. The van der Waals surface area contributed by atoms with Crippen molar-refractivity contribution in [2.24, 2.45) is 0 Å². The molecule has 0 N–H and O–H groups in total. The van der Waals surface area contributed by atoms with Gasteiger partial charge in [0.1, 0.15) is 5.82 Å². The minimum Gasteiger partial charge on any atom is -0.468 e. The van der Waals surface area contributed by atoms with Crippen LogP contribution in [-0.2, 0) is 6.54 Å². The Bertz CT molecular complexity index is 670. The molecule has 1 heterocycles. The third-order valence-electron chi connectivity index (χ3n) is 2.61. The van der Waals surface area contributed by atoms with Crippen molar-refractivity contribution in [3.63, 3.8) is 0 Å². The fourth-order valence-electron chi connectivity index (χ4n) is 1.72. The monoisotopic (exact) mass is 282 g/mol. The molecule has 2 aromatic rings. The first-order valence-electron chi connectivity index (χ1n) is 5.57. The zero-order valence-electron chi connectivity index (χ0n) is 10.5.